The molecule has 0 spiro atoms. The van der Waals surface area contributed by atoms with Crippen molar-refractivity contribution in [2.75, 3.05) is 10.7 Å². The van der Waals surface area contributed by atoms with Gasteiger partial charge >= 0.3 is 0 Å². The number of amides is 1. The molecule has 3 aromatic carbocycles. The Bertz CT molecular complexity index is 1320. The standard InChI is InChI=1S/C27H27N5OS/c1-16-10-12-20(13-11-16)23-24(26(33)28-22-18(3)14-17(2)15-19(22)4)34-27-30-29-25(32(27)31-23)21-8-6-5-7-9-21/h5-15,23-24,31H,1-4H3,(H,28,33)/t23-,24-/m1/s1. The smallest absolute Gasteiger partial charge is 0.240 e. The Morgan fingerprint density at radius 2 is 1.59 bits per heavy atom. The van der Waals surface area contributed by atoms with E-state index < -0.39 is 5.25 Å². The first kappa shape index (κ1) is 22.2. The van der Waals surface area contributed by atoms with Gasteiger partial charge in [-0.25, -0.2) is 4.68 Å². The molecule has 6 nitrogen and oxygen atoms in total. The largest absolute Gasteiger partial charge is 0.325 e. The fourth-order valence-electron chi connectivity index (χ4n) is 4.42. The van der Waals surface area contributed by atoms with Gasteiger partial charge in [0.1, 0.15) is 5.25 Å². The summed E-state index contributed by atoms with van der Waals surface area (Å²) < 4.78 is 1.90. The molecule has 172 valence electrons. The molecule has 0 unspecified atom stereocenters. The van der Waals surface area contributed by atoms with Crippen LogP contribution in [0.15, 0.2) is 71.9 Å². The van der Waals surface area contributed by atoms with Gasteiger partial charge in [-0.1, -0.05) is 89.6 Å². The van der Waals surface area contributed by atoms with Crippen LogP contribution in [-0.4, -0.2) is 26.0 Å². The fourth-order valence-corrected chi connectivity index (χ4v) is 5.50. The van der Waals surface area contributed by atoms with E-state index in [1.165, 1.54) is 22.9 Å². The van der Waals surface area contributed by atoms with E-state index in [4.69, 9.17) is 0 Å². The van der Waals surface area contributed by atoms with Crippen LogP contribution in [0.25, 0.3) is 11.4 Å². The first-order chi connectivity index (χ1) is 16.4. The number of fused-ring (bicyclic) bond motifs is 1. The molecule has 34 heavy (non-hydrogen) atoms. The summed E-state index contributed by atoms with van der Waals surface area (Å²) >= 11 is 1.44. The summed E-state index contributed by atoms with van der Waals surface area (Å²) in [7, 11) is 0. The highest BCUT2D eigenvalue weighted by Crippen LogP contribution is 2.39. The zero-order valence-electron chi connectivity index (χ0n) is 19.7. The number of rotatable bonds is 4. The van der Waals surface area contributed by atoms with Crippen LogP contribution in [0.4, 0.5) is 5.69 Å². The number of aromatic nitrogens is 3. The number of carbonyl (C=O) groups is 1. The fraction of sp³-hybridized carbons (Fsp3) is 0.222. The number of hydrogen-bond donors (Lipinski definition) is 2. The molecule has 0 bridgehead atoms. The number of anilines is 1. The van der Waals surface area contributed by atoms with E-state index in [-0.39, 0.29) is 11.9 Å². The van der Waals surface area contributed by atoms with Crippen LogP contribution in [0.5, 0.6) is 0 Å². The molecular formula is C27H27N5OS. The molecule has 0 aliphatic carbocycles. The summed E-state index contributed by atoms with van der Waals surface area (Å²) in [6.45, 7) is 8.19. The van der Waals surface area contributed by atoms with Crippen LogP contribution in [0.1, 0.15) is 33.9 Å². The summed E-state index contributed by atoms with van der Waals surface area (Å²) in [6.07, 6.45) is 0. The van der Waals surface area contributed by atoms with Gasteiger partial charge in [-0.2, -0.15) is 0 Å². The van der Waals surface area contributed by atoms with Gasteiger partial charge < -0.3 is 10.7 Å². The Labute approximate surface area is 203 Å². The number of carbonyl (C=O) groups excluding carboxylic acids is 1. The van der Waals surface area contributed by atoms with Crippen molar-refractivity contribution >= 4 is 23.4 Å². The van der Waals surface area contributed by atoms with Crippen LogP contribution in [-0.2, 0) is 4.79 Å². The number of thioether (sulfide) groups is 1. The topological polar surface area (TPSA) is 71.8 Å². The minimum absolute atomic E-state index is 0.0614. The van der Waals surface area contributed by atoms with E-state index >= 15 is 0 Å². The highest BCUT2D eigenvalue weighted by atomic mass is 32.2. The summed E-state index contributed by atoms with van der Waals surface area (Å²) in [5.74, 6) is 0.665. The molecule has 2 N–H and O–H groups in total. The number of nitrogens with one attached hydrogen (secondary N) is 2. The minimum Gasteiger partial charge on any atom is -0.325 e. The van der Waals surface area contributed by atoms with E-state index in [2.05, 4.69) is 71.2 Å². The Balaban J connectivity index is 1.53. The SMILES string of the molecule is Cc1ccc([C@H]2Nn3c(nnc3-c3ccccc3)S[C@H]2C(=O)Nc2c(C)cc(C)cc2C)cc1. The molecule has 5 rings (SSSR count). The van der Waals surface area contributed by atoms with Crippen LogP contribution in [0.2, 0.25) is 0 Å². The maximum Gasteiger partial charge on any atom is 0.240 e. The van der Waals surface area contributed by atoms with Crippen molar-refractivity contribution in [3.05, 3.63) is 94.5 Å². The van der Waals surface area contributed by atoms with E-state index in [9.17, 15) is 4.79 Å². The monoisotopic (exact) mass is 469 g/mol. The predicted molar refractivity (Wildman–Crippen MR) is 138 cm³/mol. The Hall–Kier alpha value is -3.58. The van der Waals surface area contributed by atoms with Crippen LogP contribution in [0, 0.1) is 27.7 Å². The van der Waals surface area contributed by atoms with Crippen molar-refractivity contribution in [1.82, 2.24) is 14.9 Å². The average molecular weight is 470 g/mol. The van der Waals surface area contributed by atoms with Gasteiger partial charge in [0, 0.05) is 11.3 Å². The molecule has 2 heterocycles. The van der Waals surface area contributed by atoms with Gasteiger partial charge in [0.15, 0.2) is 5.82 Å². The maximum absolute atomic E-state index is 13.7. The molecule has 0 fully saturated rings. The Morgan fingerprint density at radius 3 is 2.26 bits per heavy atom. The molecule has 0 saturated heterocycles. The molecule has 1 aliphatic heterocycles. The summed E-state index contributed by atoms with van der Waals surface area (Å²) in [4.78, 5) is 13.7. The highest BCUT2D eigenvalue weighted by molar-refractivity contribution is 8.00. The lowest BCUT2D eigenvalue weighted by molar-refractivity contribution is -0.116. The lowest BCUT2D eigenvalue weighted by Gasteiger charge is -2.33. The highest BCUT2D eigenvalue weighted by Gasteiger charge is 2.38. The maximum atomic E-state index is 13.7. The van der Waals surface area contributed by atoms with Crippen molar-refractivity contribution in [2.24, 2.45) is 0 Å². The van der Waals surface area contributed by atoms with Crippen molar-refractivity contribution < 1.29 is 4.79 Å². The number of nitrogens with zero attached hydrogens (tertiary/aromatic N) is 3. The normalized spacial score (nSPS) is 17.1. The molecular weight excluding hydrogens is 442 g/mol. The van der Waals surface area contributed by atoms with Gasteiger partial charge in [0.05, 0.1) is 6.04 Å². The molecule has 0 saturated carbocycles. The Morgan fingerprint density at radius 1 is 0.912 bits per heavy atom. The van der Waals surface area contributed by atoms with E-state index in [1.807, 2.05) is 48.9 Å². The van der Waals surface area contributed by atoms with Crippen molar-refractivity contribution in [3.63, 3.8) is 0 Å². The average Bonchev–Trinajstić information content (AvgIpc) is 3.24. The summed E-state index contributed by atoms with van der Waals surface area (Å²) in [6, 6.07) is 22.2. The lowest BCUT2D eigenvalue weighted by atomic mass is 10.0. The van der Waals surface area contributed by atoms with Gasteiger partial charge in [0.2, 0.25) is 11.1 Å². The van der Waals surface area contributed by atoms with Crippen LogP contribution >= 0.6 is 11.8 Å². The Kier molecular flexibility index (Phi) is 5.87. The molecule has 1 aliphatic rings. The zero-order valence-corrected chi connectivity index (χ0v) is 20.5. The second-order valence-corrected chi connectivity index (χ2v) is 9.94. The van der Waals surface area contributed by atoms with Gasteiger partial charge in [-0.05, 0) is 44.4 Å². The first-order valence-corrected chi connectivity index (χ1v) is 12.2. The third-order valence-corrected chi connectivity index (χ3v) is 7.30. The third kappa shape index (κ3) is 4.19. The lowest BCUT2D eigenvalue weighted by Crippen LogP contribution is -2.41. The summed E-state index contributed by atoms with van der Waals surface area (Å²) in [5, 5.41) is 12.3. The van der Waals surface area contributed by atoms with E-state index in [1.54, 1.807) is 0 Å². The zero-order chi connectivity index (χ0) is 23.8. The van der Waals surface area contributed by atoms with Gasteiger partial charge in [-0.3, -0.25) is 4.79 Å². The van der Waals surface area contributed by atoms with Gasteiger partial charge in [-0.15, -0.1) is 10.2 Å². The quantitative estimate of drug-likeness (QED) is 0.408. The molecule has 4 aromatic rings. The van der Waals surface area contributed by atoms with E-state index in [0.29, 0.717) is 5.16 Å². The number of aryl methyl sites for hydroxylation is 4. The molecule has 7 heteroatoms. The number of hydrogen-bond acceptors (Lipinski definition) is 5. The second-order valence-electron chi connectivity index (χ2n) is 8.83. The molecule has 0 radical (unpaired) electrons. The molecule has 1 amide bonds. The first-order valence-electron chi connectivity index (χ1n) is 11.3. The second kappa shape index (κ2) is 8.99. The predicted octanol–water partition coefficient (Wildman–Crippen LogP) is 5.58. The van der Waals surface area contributed by atoms with Gasteiger partial charge in [0.25, 0.3) is 0 Å². The van der Waals surface area contributed by atoms with Crippen molar-refractivity contribution in [3.8, 4) is 11.4 Å². The molecule has 1 aromatic heterocycles. The van der Waals surface area contributed by atoms with Crippen LogP contribution < -0.4 is 10.7 Å². The summed E-state index contributed by atoms with van der Waals surface area (Å²) in [5.41, 5.74) is 10.9. The molecule has 2 atom stereocenters. The minimum atomic E-state index is -0.428. The van der Waals surface area contributed by atoms with Crippen molar-refractivity contribution in [1.29, 1.82) is 0 Å². The van der Waals surface area contributed by atoms with E-state index in [0.717, 1.165) is 33.8 Å². The van der Waals surface area contributed by atoms with Crippen LogP contribution in [0.3, 0.4) is 0 Å². The number of benzene rings is 3. The third-order valence-electron chi connectivity index (χ3n) is 6.09. The van der Waals surface area contributed by atoms with Crippen molar-refractivity contribution in [2.45, 2.75) is 44.1 Å².